The van der Waals surface area contributed by atoms with E-state index in [0.717, 1.165) is 6.67 Å². The van der Waals surface area contributed by atoms with E-state index in [-0.39, 0.29) is 0 Å². The highest BCUT2D eigenvalue weighted by Gasteiger charge is 2.52. The van der Waals surface area contributed by atoms with Crippen LogP contribution in [0.25, 0.3) is 0 Å². The molecule has 0 bridgehead atoms. The fraction of sp³-hybridized carbons (Fsp3) is 0.231. The van der Waals surface area contributed by atoms with Crippen molar-refractivity contribution >= 4 is 0 Å². The average molecular weight is 367 g/mol. The Kier molecular flexibility index (Phi) is 4.20. The maximum atomic E-state index is 2.60. The van der Waals surface area contributed by atoms with Crippen molar-refractivity contribution in [2.24, 2.45) is 0 Å². The third kappa shape index (κ3) is 2.80. The van der Waals surface area contributed by atoms with Crippen molar-refractivity contribution in [3.63, 3.8) is 0 Å². The van der Waals surface area contributed by atoms with E-state index in [1.807, 2.05) is 0 Å². The Morgan fingerprint density at radius 3 is 1.43 bits per heavy atom. The quantitative estimate of drug-likeness (QED) is 0.539. The summed E-state index contributed by atoms with van der Waals surface area (Å²) in [4.78, 5) is 5.20. The van der Waals surface area contributed by atoms with E-state index in [1.165, 1.54) is 28.1 Å². The van der Waals surface area contributed by atoms with Gasteiger partial charge in [-0.3, -0.25) is 0 Å². The zero-order valence-corrected chi connectivity index (χ0v) is 16.5. The topological polar surface area (TPSA) is 6.48 Å². The lowest BCUT2D eigenvalue weighted by Gasteiger charge is -2.37. The van der Waals surface area contributed by atoms with E-state index < -0.39 is 0 Å². The van der Waals surface area contributed by atoms with E-state index in [4.69, 9.17) is 0 Å². The molecule has 140 valence electrons. The van der Waals surface area contributed by atoms with E-state index >= 15 is 0 Å². The van der Waals surface area contributed by atoms with Crippen LogP contribution in [0.15, 0.2) is 102 Å². The molecule has 0 N–H and O–H groups in total. The Hall–Kier alpha value is -3.00. The molecule has 1 heterocycles. The third-order valence-electron chi connectivity index (χ3n) is 6.28. The Morgan fingerprint density at radius 2 is 1.00 bits per heavy atom. The van der Waals surface area contributed by atoms with Gasteiger partial charge in [-0.2, -0.15) is 0 Å². The molecule has 2 aliphatic rings. The first kappa shape index (κ1) is 17.1. The minimum atomic E-state index is 0.368. The van der Waals surface area contributed by atoms with Crippen LogP contribution >= 0.6 is 0 Å². The van der Waals surface area contributed by atoms with Gasteiger partial charge < -0.3 is 9.80 Å². The molecule has 0 radical (unpaired) electrons. The van der Waals surface area contributed by atoms with Crippen molar-refractivity contribution in [1.82, 2.24) is 9.80 Å². The number of hydrogen-bond acceptors (Lipinski definition) is 2. The number of nitrogens with zero attached hydrogens (tertiary/aromatic N) is 2. The normalized spacial score (nSPS) is 20.1. The molecule has 0 spiro atoms. The fourth-order valence-corrected chi connectivity index (χ4v) is 4.59. The van der Waals surface area contributed by atoms with Crippen LogP contribution in [0.1, 0.15) is 48.5 Å². The summed E-state index contributed by atoms with van der Waals surface area (Å²) in [6, 6.07) is 33.4. The van der Waals surface area contributed by atoms with Crippen molar-refractivity contribution in [2.75, 3.05) is 6.67 Å². The lowest BCUT2D eigenvalue weighted by molar-refractivity contribution is 0.150. The number of hydrogen-bond donors (Lipinski definition) is 0. The first-order valence-corrected chi connectivity index (χ1v) is 10.2. The van der Waals surface area contributed by atoms with Crippen LogP contribution in [0, 0.1) is 0 Å². The lowest BCUT2D eigenvalue weighted by atomic mass is 10.0. The minimum Gasteiger partial charge on any atom is -0.348 e. The van der Waals surface area contributed by atoms with E-state index in [9.17, 15) is 0 Å². The summed E-state index contributed by atoms with van der Waals surface area (Å²) < 4.78 is 0. The Bertz CT molecular complexity index is 917. The number of benzene rings is 3. The molecule has 0 fully saturated rings. The van der Waals surface area contributed by atoms with Crippen molar-refractivity contribution in [3.8, 4) is 0 Å². The first-order chi connectivity index (χ1) is 13.8. The molecule has 1 aliphatic carbocycles. The lowest BCUT2D eigenvalue weighted by Crippen LogP contribution is -2.35. The van der Waals surface area contributed by atoms with Crippen LogP contribution in [0.4, 0.5) is 0 Å². The van der Waals surface area contributed by atoms with Crippen LogP contribution in [0.2, 0.25) is 0 Å². The molecular weight excluding hydrogens is 340 g/mol. The molecule has 28 heavy (non-hydrogen) atoms. The van der Waals surface area contributed by atoms with Crippen LogP contribution in [-0.2, 0) is 0 Å². The van der Waals surface area contributed by atoms with Crippen LogP contribution in [-0.4, -0.2) is 16.5 Å². The van der Waals surface area contributed by atoms with E-state index in [1.54, 1.807) is 0 Å². The molecule has 0 saturated heterocycles. The summed E-state index contributed by atoms with van der Waals surface area (Å²) >= 11 is 0. The summed E-state index contributed by atoms with van der Waals surface area (Å²) in [5.74, 6) is 0.437. The summed E-state index contributed by atoms with van der Waals surface area (Å²) in [5, 5.41) is 0. The van der Waals surface area contributed by atoms with Crippen molar-refractivity contribution in [3.05, 3.63) is 119 Å². The van der Waals surface area contributed by atoms with Gasteiger partial charge in [-0.05, 0) is 30.5 Å². The van der Waals surface area contributed by atoms with Gasteiger partial charge in [0.2, 0.25) is 0 Å². The molecule has 1 aliphatic heterocycles. The third-order valence-corrected chi connectivity index (χ3v) is 6.28. The van der Waals surface area contributed by atoms with Crippen molar-refractivity contribution < 1.29 is 0 Å². The summed E-state index contributed by atoms with van der Waals surface area (Å²) in [5.41, 5.74) is 7.17. The largest absolute Gasteiger partial charge is 0.348 e. The molecule has 0 aromatic heterocycles. The Balaban J connectivity index is 1.48. The van der Waals surface area contributed by atoms with Crippen molar-refractivity contribution in [1.29, 1.82) is 0 Å². The van der Waals surface area contributed by atoms with Gasteiger partial charge in [0.1, 0.15) is 0 Å². The molecule has 3 aromatic carbocycles. The maximum absolute atomic E-state index is 2.60. The second-order valence-corrected chi connectivity index (χ2v) is 7.87. The summed E-state index contributed by atoms with van der Waals surface area (Å²) in [6.45, 7) is 5.62. The van der Waals surface area contributed by atoms with Gasteiger partial charge in [0.05, 0.1) is 24.7 Å². The highest BCUT2D eigenvalue weighted by molar-refractivity contribution is 5.55. The van der Waals surface area contributed by atoms with Crippen LogP contribution in [0.3, 0.4) is 0 Å². The summed E-state index contributed by atoms with van der Waals surface area (Å²) in [7, 11) is 0. The highest BCUT2D eigenvalue weighted by atomic mass is 15.4. The average Bonchev–Trinajstić information content (AvgIpc) is 3.38. The van der Waals surface area contributed by atoms with Gasteiger partial charge in [0, 0.05) is 11.4 Å². The van der Waals surface area contributed by atoms with E-state index in [2.05, 4.69) is 115 Å². The predicted octanol–water partition coefficient (Wildman–Crippen LogP) is 6.09. The Morgan fingerprint density at radius 1 is 0.607 bits per heavy atom. The zero-order chi connectivity index (χ0) is 19.1. The minimum absolute atomic E-state index is 0.368. The van der Waals surface area contributed by atoms with Crippen molar-refractivity contribution in [2.45, 2.75) is 31.8 Å². The molecular formula is C26H26N2. The molecule has 2 unspecified atom stereocenters. The van der Waals surface area contributed by atoms with Gasteiger partial charge in [0.25, 0.3) is 0 Å². The van der Waals surface area contributed by atoms with Gasteiger partial charge in [0.15, 0.2) is 0 Å². The standard InChI is InChI=1S/C26H26N2/c1-19(21-12-6-3-7-13-21)27-18-28(20(2)22-14-8-4-9-15-22)26-24(25(26)27)23-16-10-5-11-17-23/h3-17,19-20,24H,18H2,1-2H3. The number of rotatable bonds is 5. The molecule has 0 saturated carbocycles. The van der Waals surface area contributed by atoms with Gasteiger partial charge in [-0.1, -0.05) is 91.0 Å². The molecule has 3 aromatic rings. The van der Waals surface area contributed by atoms with Gasteiger partial charge in [-0.15, -0.1) is 0 Å². The Labute approximate surface area is 167 Å². The van der Waals surface area contributed by atoms with Gasteiger partial charge in [-0.25, -0.2) is 0 Å². The molecule has 5 rings (SSSR count). The molecule has 2 heteroatoms. The first-order valence-electron chi connectivity index (χ1n) is 10.2. The predicted molar refractivity (Wildman–Crippen MR) is 114 cm³/mol. The van der Waals surface area contributed by atoms with Crippen LogP contribution in [0.5, 0.6) is 0 Å². The molecule has 2 nitrogen and oxygen atoms in total. The highest BCUT2D eigenvalue weighted by Crippen LogP contribution is 2.59. The van der Waals surface area contributed by atoms with E-state index in [0.29, 0.717) is 18.0 Å². The molecule has 2 atom stereocenters. The zero-order valence-electron chi connectivity index (χ0n) is 16.5. The SMILES string of the molecule is CC(c1ccccc1)N1CN(C(C)c2ccccc2)C2=C1C2c1ccccc1. The summed E-state index contributed by atoms with van der Waals surface area (Å²) in [6.07, 6.45) is 0. The fourth-order valence-electron chi connectivity index (χ4n) is 4.59. The van der Waals surface area contributed by atoms with Gasteiger partial charge >= 0.3 is 0 Å². The smallest absolute Gasteiger partial charge is 0.0910 e. The molecule has 0 amide bonds. The maximum Gasteiger partial charge on any atom is 0.0910 e. The second kappa shape index (κ2) is 6.87. The monoisotopic (exact) mass is 366 g/mol. The van der Waals surface area contributed by atoms with Crippen LogP contribution < -0.4 is 0 Å². The number of allylic oxidation sites excluding steroid dienone is 2. The second-order valence-electron chi connectivity index (χ2n) is 7.87.